The lowest BCUT2D eigenvalue weighted by molar-refractivity contribution is -0.167. The van der Waals surface area contributed by atoms with Crippen molar-refractivity contribution in [1.29, 1.82) is 0 Å². The lowest BCUT2D eigenvalue weighted by atomic mass is 10.0. The third-order valence-electron chi connectivity index (χ3n) is 12.2. The lowest BCUT2D eigenvalue weighted by Gasteiger charge is -2.18. The molecule has 68 heavy (non-hydrogen) atoms. The second-order valence-corrected chi connectivity index (χ2v) is 18.9. The van der Waals surface area contributed by atoms with E-state index in [1.54, 1.807) is 0 Å². The SMILES string of the molecule is CC/C=C\C/C=C\C/C=C\C/C=C\C/C=C\CCCC(=O)OC(COC(=O)CCCCCCCCCCCC/C=C\C=C/CCCCC)COC(=O)CCCCCCCCCCCCCCCC. The molecule has 1 atom stereocenters. The van der Waals surface area contributed by atoms with Crippen LogP contribution < -0.4 is 0 Å². The fourth-order valence-corrected chi connectivity index (χ4v) is 7.88. The lowest BCUT2D eigenvalue weighted by Crippen LogP contribution is -2.30. The Hall–Kier alpha value is -3.41. The standard InChI is InChI=1S/C62H106O6/c1-4-7-10-13-16-19-22-25-28-30-31-33-34-37-40-43-46-49-52-55-61(64)67-58-59(57-66-60(63)54-51-48-45-42-39-36-27-24-21-18-15-12-9-6-3)68-62(65)56-53-50-47-44-41-38-35-32-29-26-23-20-17-14-11-8-5-2/h8,11,16-17,19-20,22,25-26,29,35,38,44,47,59H,4-7,9-10,12-15,18,21,23-24,27-28,30-34,36-37,39-43,45-46,48-58H2,1-3H3/b11-8-,19-16-,20-17-,25-22-,29-26-,38-35-,47-44-. The Morgan fingerprint density at radius 2 is 0.632 bits per heavy atom. The Kier molecular flexibility index (Phi) is 53.4. The Balaban J connectivity index is 4.45. The number of carbonyl (C=O) groups excluding carboxylic acids is 3. The first-order valence-corrected chi connectivity index (χ1v) is 28.6. The summed E-state index contributed by atoms with van der Waals surface area (Å²) < 4.78 is 16.8. The molecule has 0 spiro atoms. The Labute approximate surface area is 420 Å². The van der Waals surface area contributed by atoms with Crippen LogP contribution in [-0.4, -0.2) is 37.2 Å². The molecule has 0 aliphatic rings. The van der Waals surface area contributed by atoms with Crippen LogP contribution in [0.2, 0.25) is 0 Å². The third kappa shape index (κ3) is 53.5. The van der Waals surface area contributed by atoms with Crippen LogP contribution >= 0.6 is 0 Å². The molecule has 0 N–H and O–H groups in total. The van der Waals surface area contributed by atoms with E-state index >= 15 is 0 Å². The average molecular weight is 948 g/mol. The van der Waals surface area contributed by atoms with Crippen molar-refractivity contribution >= 4 is 17.9 Å². The molecule has 0 bridgehead atoms. The van der Waals surface area contributed by atoms with Crippen LogP contribution in [0.4, 0.5) is 0 Å². The molecule has 0 fully saturated rings. The molecule has 0 rings (SSSR count). The van der Waals surface area contributed by atoms with Gasteiger partial charge in [0.2, 0.25) is 0 Å². The highest BCUT2D eigenvalue weighted by Crippen LogP contribution is 2.15. The number of esters is 3. The van der Waals surface area contributed by atoms with Gasteiger partial charge in [-0.3, -0.25) is 14.4 Å². The van der Waals surface area contributed by atoms with Crippen LogP contribution in [0.25, 0.3) is 0 Å². The fraction of sp³-hybridized carbons (Fsp3) is 0.726. The maximum Gasteiger partial charge on any atom is 0.306 e. The highest BCUT2D eigenvalue weighted by atomic mass is 16.6. The van der Waals surface area contributed by atoms with Gasteiger partial charge in [-0.05, 0) is 83.5 Å². The van der Waals surface area contributed by atoms with E-state index in [4.69, 9.17) is 14.2 Å². The quantitative estimate of drug-likeness (QED) is 0.0199. The van der Waals surface area contributed by atoms with Crippen LogP contribution in [0.15, 0.2) is 85.1 Å². The summed E-state index contributed by atoms with van der Waals surface area (Å²) in [5.41, 5.74) is 0. The minimum atomic E-state index is -0.806. The summed E-state index contributed by atoms with van der Waals surface area (Å²) in [5.74, 6) is -0.954. The molecule has 0 saturated heterocycles. The minimum absolute atomic E-state index is 0.0981. The van der Waals surface area contributed by atoms with Crippen LogP contribution in [-0.2, 0) is 28.6 Å². The van der Waals surface area contributed by atoms with Gasteiger partial charge in [-0.15, -0.1) is 0 Å². The maximum absolute atomic E-state index is 12.8. The van der Waals surface area contributed by atoms with Gasteiger partial charge in [-0.2, -0.15) is 0 Å². The molecule has 0 amide bonds. The molecule has 0 aromatic heterocycles. The van der Waals surface area contributed by atoms with Gasteiger partial charge >= 0.3 is 17.9 Å². The van der Waals surface area contributed by atoms with Gasteiger partial charge in [0.1, 0.15) is 13.2 Å². The Morgan fingerprint density at radius 3 is 1.04 bits per heavy atom. The third-order valence-corrected chi connectivity index (χ3v) is 12.2. The van der Waals surface area contributed by atoms with Crippen LogP contribution in [0.1, 0.15) is 271 Å². The van der Waals surface area contributed by atoms with Crippen molar-refractivity contribution in [2.75, 3.05) is 13.2 Å². The van der Waals surface area contributed by atoms with E-state index in [-0.39, 0.29) is 37.5 Å². The van der Waals surface area contributed by atoms with Crippen molar-refractivity contribution in [3.05, 3.63) is 85.1 Å². The summed E-state index contributed by atoms with van der Waals surface area (Å²) in [6, 6.07) is 0. The van der Waals surface area contributed by atoms with E-state index in [0.29, 0.717) is 19.3 Å². The molecular weight excluding hydrogens is 841 g/mol. The fourth-order valence-electron chi connectivity index (χ4n) is 7.88. The van der Waals surface area contributed by atoms with Gasteiger partial charge in [0, 0.05) is 19.3 Å². The van der Waals surface area contributed by atoms with E-state index in [2.05, 4.69) is 106 Å². The van der Waals surface area contributed by atoms with E-state index in [0.717, 1.165) is 77.0 Å². The molecule has 6 nitrogen and oxygen atoms in total. The molecule has 6 heteroatoms. The summed E-state index contributed by atoms with van der Waals surface area (Å²) in [7, 11) is 0. The van der Waals surface area contributed by atoms with Crippen molar-refractivity contribution in [2.45, 2.75) is 277 Å². The Bertz CT molecular complexity index is 1320. The molecule has 0 aliphatic heterocycles. The highest BCUT2D eigenvalue weighted by molar-refractivity contribution is 5.71. The number of unbranched alkanes of at least 4 members (excludes halogenated alkanes) is 27. The van der Waals surface area contributed by atoms with Crippen molar-refractivity contribution in [2.24, 2.45) is 0 Å². The second-order valence-electron chi connectivity index (χ2n) is 18.9. The number of allylic oxidation sites excluding steroid dienone is 14. The van der Waals surface area contributed by atoms with Gasteiger partial charge in [0.05, 0.1) is 0 Å². The second kappa shape index (κ2) is 56.2. The number of ether oxygens (including phenoxy) is 3. The molecule has 0 saturated carbocycles. The van der Waals surface area contributed by atoms with Crippen LogP contribution in [0.5, 0.6) is 0 Å². The minimum Gasteiger partial charge on any atom is -0.462 e. The number of hydrogen-bond donors (Lipinski definition) is 0. The van der Waals surface area contributed by atoms with E-state index < -0.39 is 6.10 Å². The van der Waals surface area contributed by atoms with Crippen molar-refractivity contribution < 1.29 is 28.6 Å². The smallest absolute Gasteiger partial charge is 0.306 e. The van der Waals surface area contributed by atoms with Gasteiger partial charge in [-0.1, -0.05) is 254 Å². The van der Waals surface area contributed by atoms with Crippen LogP contribution in [0.3, 0.4) is 0 Å². The van der Waals surface area contributed by atoms with Crippen LogP contribution in [0, 0.1) is 0 Å². The molecule has 0 radical (unpaired) electrons. The average Bonchev–Trinajstić information content (AvgIpc) is 3.34. The summed E-state index contributed by atoms with van der Waals surface area (Å²) >= 11 is 0. The zero-order chi connectivity index (χ0) is 49.3. The molecular formula is C62H106O6. The number of hydrogen-bond acceptors (Lipinski definition) is 6. The van der Waals surface area contributed by atoms with Crippen molar-refractivity contribution in [3.8, 4) is 0 Å². The Morgan fingerprint density at radius 1 is 0.324 bits per heavy atom. The molecule has 0 heterocycles. The largest absolute Gasteiger partial charge is 0.462 e. The first-order chi connectivity index (χ1) is 33.5. The molecule has 390 valence electrons. The summed E-state index contributed by atoms with van der Waals surface area (Å²) in [6.07, 6.45) is 72.9. The molecule has 0 aromatic carbocycles. The zero-order valence-electron chi connectivity index (χ0n) is 44.6. The predicted octanol–water partition coefficient (Wildman–Crippen LogP) is 19.2. The van der Waals surface area contributed by atoms with Gasteiger partial charge in [0.25, 0.3) is 0 Å². The topological polar surface area (TPSA) is 78.9 Å². The van der Waals surface area contributed by atoms with Gasteiger partial charge in [0.15, 0.2) is 6.10 Å². The molecule has 0 aliphatic carbocycles. The van der Waals surface area contributed by atoms with E-state index in [1.807, 2.05) is 0 Å². The molecule has 1 unspecified atom stereocenters. The number of rotatable bonds is 51. The predicted molar refractivity (Wildman–Crippen MR) is 293 cm³/mol. The van der Waals surface area contributed by atoms with Crippen molar-refractivity contribution in [1.82, 2.24) is 0 Å². The van der Waals surface area contributed by atoms with Crippen molar-refractivity contribution in [3.63, 3.8) is 0 Å². The summed E-state index contributed by atoms with van der Waals surface area (Å²) in [4.78, 5) is 38.1. The van der Waals surface area contributed by atoms with Gasteiger partial charge < -0.3 is 14.2 Å². The monoisotopic (exact) mass is 947 g/mol. The summed E-state index contributed by atoms with van der Waals surface area (Å²) in [6.45, 7) is 6.47. The zero-order valence-corrected chi connectivity index (χ0v) is 44.6. The summed E-state index contributed by atoms with van der Waals surface area (Å²) in [5, 5.41) is 0. The van der Waals surface area contributed by atoms with E-state index in [9.17, 15) is 14.4 Å². The maximum atomic E-state index is 12.8. The first kappa shape index (κ1) is 64.6. The van der Waals surface area contributed by atoms with Gasteiger partial charge in [-0.25, -0.2) is 0 Å². The highest BCUT2D eigenvalue weighted by Gasteiger charge is 2.19. The normalized spacial score (nSPS) is 12.7. The first-order valence-electron chi connectivity index (χ1n) is 28.6. The van der Waals surface area contributed by atoms with E-state index in [1.165, 1.54) is 148 Å². The molecule has 0 aromatic rings. The number of carbonyl (C=O) groups is 3.